The molecule has 1 fully saturated rings. The molecule has 21 heavy (non-hydrogen) atoms. The highest BCUT2D eigenvalue weighted by Gasteiger charge is 2.23. The molecule has 1 aromatic carbocycles. The third-order valence-corrected chi connectivity index (χ3v) is 3.86. The minimum atomic E-state index is -0.962. The van der Waals surface area contributed by atoms with Crippen molar-refractivity contribution in [1.29, 1.82) is 0 Å². The van der Waals surface area contributed by atoms with Crippen LogP contribution in [0.25, 0.3) is 0 Å². The molecule has 0 spiro atoms. The molecule has 1 saturated heterocycles. The maximum atomic E-state index is 12.1. The van der Waals surface area contributed by atoms with Gasteiger partial charge in [-0.2, -0.15) is 0 Å². The van der Waals surface area contributed by atoms with Gasteiger partial charge < -0.3 is 20.2 Å². The summed E-state index contributed by atoms with van der Waals surface area (Å²) < 4.78 is 0. The van der Waals surface area contributed by atoms with Crippen molar-refractivity contribution in [3.63, 3.8) is 0 Å². The SMILES string of the molecule is CC1CN(C(=O)NCc2cccc(C(=O)O)c2)CCN1C. The molecule has 0 bridgehead atoms. The van der Waals surface area contributed by atoms with E-state index in [2.05, 4.69) is 24.2 Å². The van der Waals surface area contributed by atoms with Crippen molar-refractivity contribution in [2.24, 2.45) is 0 Å². The Hall–Kier alpha value is -2.08. The number of carbonyl (C=O) groups excluding carboxylic acids is 1. The molecule has 6 nitrogen and oxygen atoms in total. The fraction of sp³-hybridized carbons (Fsp3) is 0.467. The fourth-order valence-electron chi connectivity index (χ4n) is 2.34. The molecule has 1 aromatic rings. The molecule has 114 valence electrons. The van der Waals surface area contributed by atoms with E-state index < -0.39 is 5.97 Å². The number of nitrogens with one attached hydrogen (secondary N) is 1. The minimum absolute atomic E-state index is 0.101. The van der Waals surface area contributed by atoms with Gasteiger partial charge in [-0.3, -0.25) is 0 Å². The van der Waals surface area contributed by atoms with Gasteiger partial charge in [-0.05, 0) is 31.7 Å². The number of carboxylic acid groups (broad SMARTS) is 1. The van der Waals surface area contributed by atoms with Crippen LogP contribution < -0.4 is 5.32 Å². The molecule has 0 saturated carbocycles. The summed E-state index contributed by atoms with van der Waals surface area (Å²) in [5, 5.41) is 11.8. The van der Waals surface area contributed by atoms with Gasteiger partial charge in [0.2, 0.25) is 0 Å². The van der Waals surface area contributed by atoms with Gasteiger partial charge in [-0.15, -0.1) is 0 Å². The maximum absolute atomic E-state index is 12.1. The third kappa shape index (κ3) is 3.95. The molecule has 1 aliphatic heterocycles. The van der Waals surface area contributed by atoms with E-state index in [1.54, 1.807) is 23.1 Å². The van der Waals surface area contributed by atoms with Gasteiger partial charge in [0.05, 0.1) is 5.56 Å². The predicted molar refractivity (Wildman–Crippen MR) is 79.3 cm³/mol. The first-order valence-corrected chi connectivity index (χ1v) is 7.02. The summed E-state index contributed by atoms with van der Waals surface area (Å²) >= 11 is 0. The summed E-state index contributed by atoms with van der Waals surface area (Å²) in [5.74, 6) is -0.962. The average Bonchev–Trinajstić information content (AvgIpc) is 2.48. The lowest BCUT2D eigenvalue weighted by Gasteiger charge is -2.37. The topological polar surface area (TPSA) is 72.9 Å². The zero-order valence-electron chi connectivity index (χ0n) is 12.4. The van der Waals surface area contributed by atoms with Crippen molar-refractivity contribution in [3.05, 3.63) is 35.4 Å². The normalized spacial score (nSPS) is 19.3. The van der Waals surface area contributed by atoms with Gasteiger partial charge >= 0.3 is 12.0 Å². The maximum Gasteiger partial charge on any atom is 0.335 e. The number of nitrogens with zero attached hydrogens (tertiary/aromatic N) is 2. The van der Waals surface area contributed by atoms with Crippen LogP contribution in [0.5, 0.6) is 0 Å². The quantitative estimate of drug-likeness (QED) is 0.878. The molecular formula is C15H21N3O3. The van der Waals surface area contributed by atoms with Crippen LogP contribution in [0.4, 0.5) is 4.79 Å². The summed E-state index contributed by atoms with van der Waals surface area (Å²) in [4.78, 5) is 27.0. The molecule has 0 aromatic heterocycles. The molecule has 2 rings (SSSR count). The van der Waals surface area contributed by atoms with Gasteiger partial charge in [0.25, 0.3) is 0 Å². The van der Waals surface area contributed by atoms with E-state index in [1.165, 1.54) is 6.07 Å². The van der Waals surface area contributed by atoms with E-state index in [-0.39, 0.29) is 11.6 Å². The van der Waals surface area contributed by atoms with Crippen LogP contribution in [-0.4, -0.2) is 59.6 Å². The molecule has 2 N–H and O–H groups in total. The van der Waals surface area contributed by atoms with Crippen LogP contribution in [0.1, 0.15) is 22.8 Å². The fourth-order valence-corrected chi connectivity index (χ4v) is 2.34. The van der Waals surface area contributed by atoms with Crippen molar-refractivity contribution in [2.75, 3.05) is 26.7 Å². The van der Waals surface area contributed by atoms with E-state index in [9.17, 15) is 9.59 Å². The molecule has 0 aliphatic carbocycles. The second kappa shape index (κ2) is 6.58. The molecule has 2 amide bonds. The van der Waals surface area contributed by atoms with Crippen molar-refractivity contribution < 1.29 is 14.7 Å². The van der Waals surface area contributed by atoms with Gasteiger partial charge in [-0.25, -0.2) is 9.59 Å². The van der Waals surface area contributed by atoms with Crippen LogP contribution in [0.3, 0.4) is 0 Å². The van der Waals surface area contributed by atoms with Crippen molar-refractivity contribution in [2.45, 2.75) is 19.5 Å². The number of likely N-dealkylation sites (N-methyl/N-ethyl adjacent to an activating group) is 1. The van der Waals surface area contributed by atoms with Gasteiger partial charge in [-0.1, -0.05) is 12.1 Å². The monoisotopic (exact) mass is 291 g/mol. The number of benzene rings is 1. The Bertz CT molecular complexity index is 533. The van der Waals surface area contributed by atoms with Crippen molar-refractivity contribution in [3.8, 4) is 0 Å². The summed E-state index contributed by atoms with van der Waals surface area (Å²) in [6.45, 7) is 4.71. The molecule has 1 aliphatic rings. The third-order valence-electron chi connectivity index (χ3n) is 3.86. The van der Waals surface area contributed by atoms with E-state index in [4.69, 9.17) is 5.11 Å². The minimum Gasteiger partial charge on any atom is -0.478 e. The Labute approximate surface area is 124 Å². The van der Waals surface area contributed by atoms with Crippen LogP contribution in [0.15, 0.2) is 24.3 Å². The Morgan fingerprint density at radius 3 is 2.81 bits per heavy atom. The number of carboxylic acids is 1. The number of urea groups is 1. The van der Waals surface area contributed by atoms with Gasteiger partial charge in [0.15, 0.2) is 0 Å². The largest absolute Gasteiger partial charge is 0.478 e. The highest BCUT2D eigenvalue weighted by Crippen LogP contribution is 2.08. The van der Waals surface area contributed by atoms with Crippen LogP contribution >= 0.6 is 0 Å². The smallest absolute Gasteiger partial charge is 0.335 e. The first-order valence-electron chi connectivity index (χ1n) is 7.02. The lowest BCUT2D eigenvalue weighted by atomic mass is 10.1. The standard InChI is InChI=1S/C15H21N3O3/c1-11-10-18(7-6-17(11)2)15(21)16-9-12-4-3-5-13(8-12)14(19)20/h3-5,8,11H,6-7,9-10H2,1-2H3,(H,16,21)(H,19,20). The van der Waals surface area contributed by atoms with Crippen LogP contribution in [-0.2, 0) is 6.54 Å². The number of piperazine rings is 1. The highest BCUT2D eigenvalue weighted by atomic mass is 16.4. The lowest BCUT2D eigenvalue weighted by Crippen LogP contribution is -2.54. The second-order valence-electron chi connectivity index (χ2n) is 5.44. The summed E-state index contributed by atoms with van der Waals surface area (Å²) in [6, 6.07) is 6.85. The average molecular weight is 291 g/mol. The summed E-state index contributed by atoms with van der Waals surface area (Å²) in [7, 11) is 2.05. The number of rotatable bonds is 3. The molecule has 6 heteroatoms. The highest BCUT2D eigenvalue weighted by molar-refractivity contribution is 5.87. The number of hydrogen-bond donors (Lipinski definition) is 2. The molecule has 0 radical (unpaired) electrons. The number of amides is 2. The zero-order chi connectivity index (χ0) is 15.4. The van der Waals surface area contributed by atoms with E-state index in [0.717, 1.165) is 12.1 Å². The molecule has 1 unspecified atom stereocenters. The first-order chi connectivity index (χ1) is 9.97. The Kier molecular flexibility index (Phi) is 4.80. The number of hydrogen-bond acceptors (Lipinski definition) is 3. The van der Waals surface area contributed by atoms with Gasteiger partial charge in [0, 0.05) is 32.2 Å². The second-order valence-corrected chi connectivity index (χ2v) is 5.44. The Balaban J connectivity index is 1.89. The zero-order valence-corrected chi connectivity index (χ0v) is 12.4. The van der Waals surface area contributed by atoms with Crippen molar-refractivity contribution >= 4 is 12.0 Å². The summed E-state index contributed by atoms with van der Waals surface area (Å²) in [5.41, 5.74) is 1.01. The number of carbonyl (C=O) groups is 2. The first kappa shape index (κ1) is 15.3. The van der Waals surface area contributed by atoms with Crippen LogP contribution in [0, 0.1) is 0 Å². The molecule has 1 heterocycles. The predicted octanol–water partition coefficient (Wildman–Crippen LogP) is 1.23. The Morgan fingerprint density at radius 1 is 1.38 bits per heavy atom. The summed E-state index contributed by atoms with van der Waals surface area (Å²) in [6.07, 6.45) is 0. The van der Waals surface area contributed by atoms with E-state index >= 15 is 0 Å². The van der Waals surface area contributed by atoms with Crippen LogP contribution in [0.2, 0.25) is 0 Å². The van der Waals surface area contributed by atoms with E-state index in [0.29, 0.717) is 25.7 Å². The van der Waals surface area contributed by atoms with E-state index in [1.807, 2.05) is 0 Å². The van der Waals surface area contributed by atoms with Crippen molar-refractivity contribution in [1.82, 2.24) is 15.1 Å². The number of aromatic carboxylic acids is 1. The van der Waals surface area contributed by atoms with Gasteiger partial charge in [0.1, 0.15) is 0 Å². The lowest BCUT2D eigenvalue weighted by molar-refractivity contribution is 0.0696. The molecule has 1 atom stereocenters. The Morgan fingerprint density at radius 2 is 2.14 bits per heavy atom. The molecular weight excluding hydrogens is 270 g/mol.